The highest BCUT2D eigenvalue weighted by Gasteiger charge is 2.27. The first-order valence-electron chi connectivity index (χ1n) is 13.5. The number of furan rings is 1. The van der Waals surface area contributed by atoms with Gasteiger partial charge in [-0.25, -0.2) is 0 Å². The molecular weight excluding hydrogens is 500 g/mol. The predicted molar refractivity (Wildman–Crippen MR) is 167 cm³/mol. The van der Waals surface area contributed by atoms with Gasteiger partial charge in [0.25, 0.3) is 0 Å². The summed E-state index contributed by atoms with van der Waals surface area (Å²) in [7, 11) is 0. The maximum atomic E-state index is 14.3. The molecule has 1 heterocycles. The van der Waals surface area contributed by atoms with Gasteiger partial charge in [-0.2, -0.15) is 0 Å². The summed E-state index contributed by atoms with van der Waals surface area (Å²) in [6.07, 6.45) is 2.00. The zero-order valence-corrected chi connectivity index (χ0v) is 22.3. The van der Waals surface area contributed by atoms with E-state index in [1.165, 1.54) is 0 Å². The van der Waals surface area contributed by atoms with Gasteiger partial charge in [-0.15, -0.1) is 0 Å². The lowest BCUT2D eigenvalue weighted by molar-refractivity contribution is 0.103. The Hall–Kier alpha value is -5.65. The molecule has 0 unspecified atom stereocenters. The van der Waals surface area contributed by atoms with E-state index in [1.807, 2.05) is 158 Å². The third-order valence-electron chi connectivity index (χ3n) is 6.77. The second-order valence-electron chi connectivity index (χ2n) is 9.52. The quantitative estimate of drug-likeness (QED) is 0.160. The maximum absolute atomic E-state index is 14.3. The first-order chi connectivity index (χ1) is 20.3. The Balaban J connectivity index is 1.66. The summed E-state index contributed by atoms with van der Waals surface area (Å²) in [5, 5.41) is 0. The van der Waals surface area contributed by atoms with Crippen molar-refractivity contribution >= 4 is 17.4 Å². The van der Waals surface area contributed by atoms with Crippen LogP contribution in [0.5, 0.6) is 0 Å². The van der Waals surface area contributed by atoms with Crippen LogP contribution in [0.2, 0.25) is 0 Å². The molecule has 0 aliphatic carbocycles. The fourth-order valence-electron chi connectivity index (χ4n) is 4.75. The predicted octanol–water partition coefficient (Wildman–Crippen LogP) is 9.44. The molecular formula is C39H26O2. The van der Waals surface area contributed by atoms with Crippen molar-refractivity contribution in [3.05, 3.63) is 179 Å². The number of allylic oxidation sites excluding steroid dienone is 1. The molecule has 41 heavy (non-hydrogen) atoms. The van der Waals surface area contributed by atoms with Crippen LogP contribution < -0.4 is 0 Å². The van der Waals surface area contributed by atoms with Gasteiger partial charge in [-0.1, -0.05) is 151 Å². The molecule has 194 valence electrons. The molecule has 0 saturated carbocycles. The van der Waals surface area contributed by atoms with Gasteiger partial charge in [-0.05, 0) is 23.8 Å². The number of hydrogen-bond donors (Lipinski definition) is 0. The van der Waals surface area contributed by atoms with E-state index in [-0.39, 0.29) is 5.78 Å². The van der Waals surface area contributed by atoms with Crippen molar-refractivity contribution in [1.82, 2.24) is 0 Å². The van der Waals surface area contributed by atoms with Crippen LogP contribution in [0.15, 0.2) is 156 Å². The van der Waals surface area contributed by atoms with Gasteiger partial charge in [0.15, 0.2) is 5.78 Å². The molecule has 2 nitrogen and oxygen atoms in total. The van der Waals surface area contributed by atoms with Gasteiger partial charge in [0, 0.05) is 33.4 Å². The first kappa shape index (κ1) is 25.6. The zero-order chi connectivity index (χ0) is 27.9. The van der Waals surface area contributed by atoms with Crippen LogP contribution in [-0.4, -0.2) is 5.78 Å². The molecule has 2 heteroatoms. The minimum atomic E-state index is -0.106. The number of hydrogen-bond acceptors (Lipinski definition) is 2. The molecule has 0 radical (unpaired) electrons. The lowest BCUT2D eigenvalue weighted by Gasteiger charge is -2.06. The largest absolute Gasteiger partial charge is 0.455 e. The highest BCUT2D eigenvalue weighted by molar-refractivity contribution is 6.16. The molecule has 0 aliphatic heterocycles. The average molecular weight is 527 g/mol. The summed E-state index contributed by atoms with van der Waals surface area (Å²) in [5.41, 5.74) is 6.17. The van der Waals surface area contributed by atoms with E-state index in [2.05, 4.69) is 11.8 Å². The van der Waals surface area contributed by atoms with Crippen molar-refractivity contribution in [2.75, 3.05) is 0 Å². The fourth-order valence-corrected chi connectivity index (χ4v) is 4.75. The lowest BCUT2D eigenvalue weighted by atomic mass is 9.92. The van der Waals surface area contributed by atoms with E-state index < -0.39 is 0 Å². The van der Waals surface area contributed by atoms with Gasteiger partial charge in [-0.3, -0.25) is 4.79 Å². The molecule has 0 bridgehead atoms. The molecule has 1 aromatic heterocycles. The number of carbonyl (C=O) groups excluding carboxylic acids is 1. The SMILES string of the molecule is O=C(c1ccccc1)c1c(-c2ccccc2)oc(-c2ccccc2)c1/C=C(/C#Cc1ccccc1)c1ccccc1. The number of rotatable bonds is 6. The fraction of sp³-hybridized carbons (Fsp3) is 0. The normalized spacial score (nSPS) is 11.0. The summed E-state index contributed by atoms with van der Waals surface area (Å²) in [6, 6.07) is 49.0. The topological polar surface area (TPSA) is 30.2 Å². The molecule has 0 spiro atoms. The first-order valence-corrected chi connectivity index (χ1v) is 13.5. The highest BCUT2D eigenvalue weighted by Crippen LogP contribution is 2.40. The van der Waals surface area contributed by atoms with E-state index in [0.717, 1.165) is 27.8 Å². The van der Waals surface area contributed by atoms with Crippen LogP contribution in [0.4, 0.5) is 0 Å². The number of ketones is 1. The Morgan fingerprint density at radius 1 is 0.537 bits per heavy atom. The van der Waals surface area contributed by atoms with Crippen molar-refractivity contribution in [3.8, 4) is 34.5 Å². The molecule has 0 saturated heterocycles. The third-order valence-corrected chi connectivity index (χ3v) is 6.77. The van der Waals surface area contributed by atoms with Crippen molar-refractivity contribution in [1.29, 1.82) is 0 Å². The second kappa shape index (κ2) is 12.0. The van der Waals surface area contributed by atoms with Crippen LogP contribution >= 0.6 is 0 Å². The molecule has 0 aliphatic rings. The Morgan fingerprint density at radius 3 is 1.56 bits per heavy atom. The van der Waals surface area contributed by atoms with E-state index >= 15 is 0 Å². The van der Waals surface area contributed by atoms with Gasteiger partial charge < -0.3 is 4.42 Å². The summed E-state index contributed by atoms with van der Waals surface area (Å²) < 4.78 is 6.65. The lowest BCUT2D eigenvalue weighted by Crippen LogP contribution is -2.04. The zero-order valence-electron chi connectivity index (χ0n) is 22.3. The van der Waals surface area contributed by atoms with Crippen LogP contribution in [0, 0.1) is 11.8 Å². The number of carbonyl (C=O) groups is 1. The molecule has 0 N–H and O–H groups in total. The summed E-state index contributed by atoms with van der Waals surface area (Å²) in [5.74, 6) is 7.75. The van der Waals surface area contributed by atoms with E-state index in [1.54, 1.807) is 0 Å². The summed E-state index contributed by atoms with van der Waals surface area (Å²) in [6.45, 7) is 0. The van der Waals surface area contributed by atoms with Crippen LogP contribution in [0.1, 0.15) is 32.6 Å². The number of benzene rings is 5. The molecule has 6 aromatic rings. The van der Waals surface area contributed by atoms with Crippen LogP contribution in [0.25, 0.3) is 34.3 Å². The van der Waals surface area contributed by atoms with Crippen molar-refractivity contribution in [2.24, 2.45) is 0 Å². The monoisotopic (exact) mass is 526 g/mol. The van der Waals surface area contributed by atoms with Gasteiger partial charge >= 0.3 is 0 Å². The molecule has 5 aromatic carbocycles. The summed E-state index contributed by atoms with van der Waals surface area (Å²) in [4.78, 5) is 14.3. The Kier molecular flexibility index (Phi) is 7.52. The highest BCUT2D eigenvalue weighted by atomic mass is 16.3. The van der Waals surface area contributed by atoms with Crippen molar-refractivity contribution in [3.63, 3.8) is 0 Å². The minimum Gasteiger partial charge on any atom is -0.455 e. The molecule has 0 fully saturated rings. The van der Waals surface area contributed by atoms with Crippen molar-refractivity contribution < 1.29 is 9.21 Å². The van der Waals surface area contributed by atoms with Crippen LogP contribution in [-0.2, 0) is 0 Å². The molecule has 0 atom stereocenters. The minimum absolute atomic E-state index is 0.106. The smallest absolute Gasteiger partial charge is 0.197 e. The maximum Gasteiger partial charge on any atom is 0.197 e. The summed E-state index contributed by atoms with van der Waals surface area (Å²) >= 11 is 0. The second-order valence-corrected chi connectivity index (χ2v) is 9.52. The standard InChI is InChI=1S/C39H26O2/c40-37(31-20-10-3-11-21-31)36-35(28-34(30-18-8-2-9-19-30)27-26-29-16-6-1-7-17-29)38(32-22-12-4-13-23-32)41-39(36)33-24-14-5-15-25-33/h1-25,28H/b34-28-. The Morgan fingerprint density at radius 2 is 1.00 bits per heavy atom. The van der Waals surface area contributed by atoms with E-state index in [9.17, 15) is 4.79 Å². The van der Waals surface area contributed by atoms with Gasteiger partial charge in [0.05, 0.1) is 5.56 Å². The molecule has 0 amide bonds. The Bertz CT molecular complexity index is 1860. The van der Waals surface area contributed by atoms with Crippen molar-refractivity contribution in [2.45, 2.75) is 0 Å². The van der Waals surface area contributed by atoms with Gasteiger partial charge in [0.1, 0.15) is 11.5 Å². The average Bonchev–Trinajstić information content (AvgIpc) is 3.44. The molecule has 6 rings (SSSR count). The Labute approximate surface area is 240 Å². The van der Waals surface area contributed by atoms with E-state index in [4.69, 9.17) is 4.42 Å². The third kappa shape index (κ3) is 5.71. The van der Waals surface area contributed by atoms with E-state index in [0.29, 0.717) is 28.2 Å². The van der Waals surface area contributed by atoms with Crippen LogP contribution in [0.3, 0.4) is 0 Å². The van der Waals surface area contributed by atoms with Gasteiger partial charge in [0.2, 0.25) is 0 Å².